The number of benzene rings is 4. The molecular formula is C31H26ClF2N3. The van der Waals surface area contributed by atoms with E-state index in [1.807, 2.05) is 62.4 Å². The smallest absolute Gasteiger partial charge is 0.146 e. The van der Waals surface area contributed by atoms with Crippen LogP contribution in [0.4, 0.5) is 20.2 Å². The standard InChI is InChI=1S/C31H26ClF2N3/c1-20-4-16-28(17-5-20)35-21(2)31(24-8-14-27(34)15-9-24)22(3)37(29-18-10-25(32)11-19-29)30(36-31)23-6-12-26(33)13-7-23/h4-19,22H,1-3H3. The number of rotatable bonds is 5. The molecule has 2 unspecified atom stereocenters. The first kappa shape index (κ1) is 24.8. The van der Waals surface area contributed by atoms with Gasteiger partial charge in [0, 0.05) is 22.0 Å². The van der Waals surface area contributed by atoms with Gasteiger partial charge < -0.3 is 4.90 Å². The molecule has 4 aromatic rings. The molecule has 0 aliphatic carbocycles. The number of halogens is 3. The molecule has 0 bridgehead atoms. The van der Waals surface area contributed by atoms with Crippen molar-refractivity contribution < 1.29 is 8.78 Å². The molecule has 6 heteroatoms. The lowest BCUT2D eigenvalue weighted by Crippen LogP contribution is -2.47. The van der Waals surface area contributed by atoms with E-state index in [0.29, 0.717) is 10.9 Å². The van der Waals surface area contributed by atoms with E-state index in [-0.39, 0.29) is 17.7 Å². The van der Waals surface area contributed by atoms with Gasteiger partial charge in [0.2, 0.25) is 0 Å². The second-order valence-corrected chi connectivity index (χ2v) is 9.71. The van der Waals surface area contributed by atoms with E-state index in [0.717, 1.165) is 33.8 Å². The van der Waals surface area contributed by atoms with Gasteiger partial charge in [-0.05, 0) is 99.1 Å². The first-order valence-corrected chi connectivity index (χ1v) is 12.4. The second-order valence-electron chi connectivity index (χ2n) is 9.27. The van der Waals surface area contributed by atoms with Gasteiger partial charge in [0.05, 0.1) is 11.7 Å². The number of anilines is 1. The lowest BCUT2D eigenvalue weighted by atomic mass is 9.80. The summed E-state index contributed by atoms with van der Waals surface area (Å²) in [6.07, 6.45) is 0. The molecule has 37 heavy (non-hydrogen) atoms. The Kier molecular flexibility index (Phi) is 6.65. The Hall–Kier alpha value is -3.83. The summed E-state index contributed by atoms with van der Waals surface area (Å²) in [6.45, 7) is 6.06. The Bertz CT molecular complexity index is 1460. The summed E-state index contributed by atoms with van der Waals surface area (Å²) in [5, 5.41) is 0.623. The van der Waals surface area contributed by atoms with Crippen LogP contribution in [0.25, 0.3) is 0 Å². The van der Waals surface area contributed by atoms with Crippen LogP contribution >= 0.6 is 11.6 Å². The largest absolute Gasteiger partial charge is 0.320 e. The number of hydrogen-bond acceptors (Lipinski definition) is 3. The van der Waals surface area contributed by atoms with Gasteiger partial charge in [-0.1, -0.05) is 41.4 Å². The third kappa shape index (κ3) is 4.67. The van der Waals surface area contributed by atoms with Gasteiger partial charge >= 0.3 is 0 Å². The fourth-order valence-corrected chi connectivity index (χ4v) is 5.06. The zero-order valence-electron chi connectivity index (χ0n) is 20.8. The fourth-order valence-electron chi connectivity index (χ4n) is 4.93. The van der Waals surface area contributed by atoms with Crippen molar-refractivity contribution in [2.75, 3.05) is 4.90 Å². The zero-order valence-corrected chi connectivity index (χ0v) is 21.5. The maximum absolute atomic E-state index is 14.0. The predicted molar refractivity (Wildman–Crippen MR) is 148 cm³/mol. The SMILES string of the molecule is CC(=Nc1ccc(C)cc1)C1(c2ccc(F)cc2)N=C(c2ccc(F)cc2)N(c2ccc(Cl)cc2)C1C. The molecule has 0 fully saturated rings. The normalized spacial score (nSPS) is 19.7. The highest BCUT2D eigenvalue weighted by Crippen LogP contribution is 2.44. The molecular weight excluding hydrogens is 488 g/mol. The number of nitrogens with zero attached hydrogens (tertiary/aromatic N) is 3. The van der Waals surface area contributed by atoms with E-state index in [9.17, 15) is 8.78 Å². The van der Waals surface area contributed by atoms with Crippen molar-refractivity contribution in [3.63, 3.8) is 0 Å². The lowest BCUT2D eigenvalue weighted by molar-refractivity contribution is 0.526. The molecule has 1 heterocycles. The van der Waals surface area contributed by atoms with Crippen LogP contribution in [-0.2, 0) is 5.54 Å². The molecule has 0 amide bonds. The molecule has 1 aliphatic rings. The van der Waals surface area contributed by atoms with E-state index < -0.39 is 5.54 Å². The molecule has 0 radical (unpaired) electrons. The van der Waals surface area contributed by atoms with Crippen molar-refractivity contribution in [2.24, 2.45) is 9.98 Å². The lowest BCUT2D eigenvalue weighted by Gasteiger charge is -2.36. The van der Waals surface area contributed by atoms with Crippen molar-refractivity contribution >= 4 is 34.5 Å². The first-order chi connectivity index (χ1) is 17.8. The van der Waals surface area contributed by atoms with E-state index in [1.165, 1.54) is 24.3 Å². The molecule has 0 saturated heterocycles. The molecule has 0 spiro atoms. The maximum Gasteiger partial charge on any atom is 0.146 e. The van der Waals surface area contributed by atoms with Gasteiger partial charge in [0.1, 0.15) is 23.0 Å². The van der Waals surface area contributed by atoms with Crippen LogP contribution in [0.1, 0.15) is 30.5 Å². The molecule has 5 rings (SSSR count). The van der Waals surface area contributed by atoms with Gasteiger partial charge in [0.25, 0.3) is 0 Å². The third-order valence-electron chi connectivity index (χ3n) is 6.88. The molecule has 1 aliphatic heterocycles. The Morgan fingerprint density at radius 1 is 0.838 bits per heavy atom. The highest BCUT2D eigenvalue weighted by molar-refractivity contribution is 6.30. The van der Waals surface area contributed by atoms with E-state index in [4.69, 9.17) is 21.6 Å². The van der Waals surface area contributed by atoms with Gasteiger partial charge in [-0.15, -0.1) is 0 Å². The van der Waals surface area contributed by atoms with E-state index in [1.54, 1.807) is 24.3 Å². The van der Waals surface area contributed by atoms with Crippen LogP contribution < -0.4 is 4.90 Å². The highest BCUT2D eigenvalue weighted by atomic mass is 35.5. The molecule has 0 aromatic heterocycles. The molecule has 2 atom stereocenters. The van der Waals surface area contributed by atoms with Crippen molar-refractivity contribution in [2.45, 2.75) is 32.4 Å². The first-order valence-electron chi connectivity index (χ1n) is 12.1. The molecule has 186 valence electrons. The Labute approximate surface area is 220 Å². The van der Waals surface area contributed by atoms with Crippen LogP contribution in [0.15, 0.2) is 107 Å². The minimum atomic E-state index is -0.943. The monoisotopic (exact) mass is 513 g/mol. The molecule has 3 nitrogen and oxygen atoms in total. The third-order valence-corrected chi connectivity index (χ3v) is 7.13. The highest BCUT2D eigenvalue weighted by Gasteiger charge is 2.50. The minimum absolute atomic E-state index is 0.256. The average molecular weight is 514 g/mol. The summed E-state index contributed by atoms with van der Waals surface area (Å²) in [4.78, 5) is 12.4. The van der Waals surface area contributed by atoms with Crippen molar-refractivity contribution in [1.82, 2.24) is 0 Å². The topological polar surface area (TPSA) is 28.0 Å². The van der Waals surface area contributed by atoms with Crippen LogP contribution in [0.2, 0.25) is 5.02 Å². The predicted octanol–water partition coefficient (Wildman–Crippen LogP) is 8.27. The van der Waals surface area contributed by atoms with Crippen molar-refractivity contribution in [1.29, 1.82) is 0 Å². The van der Waals surface area contributed by atoms with Gasteiger partial charge in [-0.3, -0.25) is 4.99 Å². The molecule has 0 saturated carbocycles. The van der Waals surface area contributed by atoms with Crippen LogP contribution in [0, 0.1) is 18.6 Å². The molecule has 0 N–H and O–H groups in total. The van der Waals surface area contributed by atoms with Crippen LogP contribution in [0.5, 0.6) is 0 Å². The molecule has 4 aromatic carbocycles. The number of amidine groups is 1. The average Bonchev–Trinajstić information content (AvgIpc) is 3.20. The van der Waals surface area contributed by atoms with Crippen molar-refractivity contribution in [3.8, 4) is 0 Å². The van der Waals surface area contributed by atoms with Crippen LogP contribution in [-0.4, -0.2) is 17.6 Å². The van der Waals surface area contributed by atoms with Crippen molar-refractivity contribution in [3.05, 3.63) is 130 Å². The fraction of sp³-hybridized carbons (Fsp3) is 0.161. The minimum Gasteiger partial charge on any atom is -0.320 e. The summed E-state index contributed by atoms with van der Waals surface area (Å²) in [5.74, 6) is 0.0166. The quantitative estimate of drug-likeness (QED) is 0.247. The number of aryl methyl sites for hydroxylation is 1. The van der Waals surface area contributed by atoms with Crippen LogP contribution in [0.3, 0.4) is 0 Å². The Morgan fingerprint density at radius 2 is 1.41 bits per heavy atom. The van der Waals surface area contributed by atoms with E-state index >= 15 is 0 Å². The number of aliphatic imine (C=N–C) groups is 2. The summed E-state index contributed by atoms with van der Waals surface area (Å²) in [7, 11) is 0. The zero-order chi connectivity index (χ0) is 26.2. The summed E-state index contributed by atoms with van der Waals surface area (Å²) >= 11 is 6.20. The van der Waals surface area contributed by atoms with Gasteiger partial charge in [0.15, 0.2) is 0 Å². The van der Waals surface area contributed by atoms with Gasteiger partial charge in [-0.25, -0.2) is 13.8 Å². The van der Waals surface area contributed by atoms with E-state index in [2.05, 4.69) is 11.8 Å². The summed E-state index contributed by atoms with van der Waals surface area (Å²) < 4.78 is 27.9. The maximum atomic E-state index is 14.0. The summed E-state index contributed by atoms with van der Waals surface area (Å²) in [5.41, 5.74) is 4.21. The number of hydrogen-bond donors (Lipinski definition) is 0. The Morgan fingerprint density at radius 3 is 2.00 bits per heavy atom. The van der Waals surface area contributed by atoms with Gasteiger partial charge in [-0.2, -0.15) is 0 Å². The Balaban J connectivity index is 1.76. The summed E-state index contributed by atoms with van der Waals surface area (Å²) in [6, 6.07) is 27.9. The second kappa shape index (κ2) is 9.91.